The molecule has 0 radical (unpaired) electrons. The van der Waals surface area contributed by atoms with Crippen LogP contribution in [0.3, 0.4) is 0 Å². The standard InChI is InChI=1S/C24H34O4/c1-17(2)12-21(18(3)13-24(28-6)11-10-19(4)25)16-22(26)14-20-8-7-9-23(15-20)27-5/h7-9,13,15,17,21H,3,10-12,14,16H2,1-2,4-6H3/b24-13-. The van der Waals surface area contributed by atoms with Crippen molar-refractivity contribution in [2.45, 2.75) is 52.9 Å². The lowest BCUT2D eigenvalue weighted by atomic mass is 9.85. The Bertz CT molecular complexity index is 700. The monoisotopic (exact) mass is 386 g/mol. The van der Waals surface area contributed by atoms with Crippen molar-refractivity contribution < 1.29 is 19.1 Å². The van der Waals surface area contributed by atoms with Gasteiger partial charge in [-0.05, 0) is 54.5 Å². The number of carbonyl (C=O) groups is 2. The van der Waals surface area contributed by atoms with Crippen LogP contribution in [0.15, 0.2) is 48.3 Å². The van der Waals surface area contributed by atoms with Crippen molar-refractivity contribution in [3.8, 4) is 5.75 Å². The number of allylic oxidation sites excluding steroid dienone is 3. The van der Waals surface area contributed by atoms with Crippen LogP contribution in [-0.2, 0) is 20.7 Å². The number of ether oxygens (including phenoxy) is 2. The summed E-state index contributed by atoms with van der Waals surface area (Å²) >= 11 is 0. The Kier molecular flexibility index (Phi) is 10.3. The van der Waals surface area contributed by atoms with E-state index in [0.717, 1.165) is 29.1 Å². The van der Waals surface area contributed by atoms with E-state index < -0.39 is 0 Å². The Morgan fingerprint density at radius 2 is 1.89 bits per heavy atom. The molecule has 0 aliphatic heterocycles. The highest BCUT2D eigenvalue weighted by Gasteiger charge is 2.19. The first-order chi connectivity index (χ1) is 13.2. The van der Waals surface area contributed by atoms with Gasteiger partial charge in [-0.15, -0.1) is 0 Å². The quantitative estimate of drug-likeness (QED) is 0.340. The lowest BCUT2D eigenvalue weighted by molar-refractivity contribution is -0.119. The van der Waals surface area contributed by atoms with E-state index in [9.17, 15) is 9.59 Å². The van der Waals surface area contributed by atoms with Crippen molar-refractivity contribution in [2.75, 3.05) is 14.2 Å². The van der Waals surface area contributed by atoms with E-state index in [1.165, 1.54) is 0 Å². The summed E-state index contributed by atoms with van der Waals surface area (Å²) in [7, 11) is 3.22. The molecule has 1 aromatic rings. The summed E-state index contributed by atoms with van der Waals surface area (Å²) in [4.78, 5) is 23.9. The molecule has 4 heteroatoms. The number of benzene rings is 1. The minimum Gasteiger partial charge on any atom is -0.501 e. The van der Waals surface area contributed by atoms with E-state index in [0.29, 0.717) is 31.6 Å². The third-order valence-electron chi connectivity index (χ3n) is 4.62. The minimum atomic E-state index is 0.0561. The number of ketones is 2. The topological polar surface area (TPSA) is 52.6 Å². The van der Waals surface area contributed by atoms with Crippen LogP contribution in [0.25, 0.3) is 0 Å². The van der Waals surface area contributed by atoms with Crippen molar-refractivity contribution in [1.29, 1.82) is 0 Å². The number of methoxy groups -OCH3 is 2. The molecule has 1 rings (SSSR count). The summed E-state index contributed by atoms with van der Waals surface area (Å²) in [6.07, 6.45) is 4.59. The summed E-state index contributed by atoms with van der Waals surface area (Å²) in [5.74, 6) is 2.29. The summed E-state index contributed by atoms with van der Waals surface area (Å²) in [6, 6.07) is 7.61. The van der Waals surface area contributed by atoms with Gasteiger partial charge in [-0.25, -0.2) is 0 Å². The fraction of sp³-hybridized carbons (Fsp3) is 0.500. The maximum atomic E-state index is 12.7. The van der Waals surface area contributed by atoms with E-state index in [4.69, 9.17) is 9.47 Å². The molecule has 0 bridgehead atoms. The maximum absolute atomic E-state index is 12.7. The summed E-state index contributed by atoms with van der Waals surface area (Å²) < 4.78 is 10.6. The Labute approximate surface area is 169 Å². The lowest BCUT2D eigenvalue weighted by Gasteiger charge is -2.20. The summed E-state index contributed by atoms with van der Waals surface area (Å²) in [6.45, 7) is 10.1. The minimum absolute atomic E-state index is 0.0561. The second kappa shape index (κ2) is 12.2. The average Bonchev–Trinajstić information content (AvgIpc) is 2.63. The van der Waals surface area contributed by atoms with Crippen LogP contribution in [0.4, 0.5) is 0 Å². The van der Waals surface area contributed by atoms with Crippen LogP contribution in [0.1, 0.15) is 52.0 Å². The largest absolute Gasteiger partial charge is 0.501 e. The highest BCUT2D eigenvalue weighted by molar-refractivity contribution is 5.81. The molecule has 0 saturated heterocycles. The molecule has 1 atom stereocenters. The predicted octanol–water partition coefficient (Wildman–Crippen LogP) is 5.31. The van der Waals surface area contributed by atoms with Gasteiger partial charge in [0.2, 0.25) is 0 Å². The zero-order valence-corrected chi connectivity index (χ0v) is 17.9. The van der Waals surface area contributed by atoms with Crippen LogP contribution in [-0.4, -0.2) is 25.8 Å². The fourth-order valence-electron chi connectivity index (χ4n) is 3.15. The Morgan fingerprint density at radius 3 is 2.46 bits per heavy atom. The number of hydrogen-bond donors (Lipinski definition) is 0. The van der Waals surface area contributed by atoms with Gasteiger partial charge in [0.05, 0.1) is 20.0 Å². The molecular formula is C24H34O4. The molecule has 4 nitrogen and oxygen atoms in total. The van der Waals surface area contributed by atoms with E-state index in [1.807, 2.05) is 30.3 Å². The lowest BCUT2D eigenvalue weighted by Crippen LogP contribution is -2.14. The van der Waals surface area contributed by atoms with Crippen LogP contribution >= 0.6 is 0 Å². The van der Waals surface area contributed by atoms with Crippen molar-refractivity contribution in [1.82, 2.24) is 0 Å². The van der Waals surface area contributed by atoms with Gasteiger partial charge in [0.1, 0.15) is 17.3 Å². The van der Waals surface area contributed by atoms with Crippen molar-refractivity contribution >= 4 is 11.6 Å². The van der Waals surface area contributed by atoms with Crippen LogP contribution < -0.4 is 4.74 Å². The normalized spacial score (nSPS) is 12.6. The summed E-state index contributed by atoms with van der Waals surface area (Å²) in [5.41, 5.74) is 1.83. The molecule has 0 aliphatic carbocycles. The van der Waals surface area contributed by atoms with E-state index >= 15 is 0 Å². The third kappa shape index (κ3) is 9.03. The van der Waals surface area contributed by atoms with Crippen molar-refractivity contribution in [3.05, 3.63) is 53.8 Å². The highest BCUT2D eigenvalue weighted by atomic mass is 16.5. The zero-order valence-electron chi connectivity index (χ0n) is 17.9. The van der Waals surface area contributed by atoms with Gasteiger partial charge in [0, 0.05) is 25.7 Å². The van der Waals surface area contributed by atoms with Gasteiger partial charge in [0.25, 0.3) is 0 Å². The Morgan fingerprint density at radius 1 is 1.18 bits per heavy atom. The maximum Gasteiger partial charge on any atom is 0.137 e. The van der Waals surface area contributed by atoms with Crippen molar-refractivity contribution in [3.63, 3.8) is 0 Å². The molecule has 28 heavy (non-hydrogen) atoms. The molecule has 0 aliphatic rings. The molecular weight excluding hydrogens is 352 g/mol. The zero-order chi connectivity index (χ0) is 21.1. The first-order valence-corrected chi connectivity index (χ1v) is 9.82. The number of hydrogen-bond acceptors (Lipinski definition) is 4. The van der Waals surface area contributed by atoms with Crippen LogP contribution in [0.2, 0.25) is 0 Å². The Hall–Kier alpha value is -2.36. The molecule has 0 fully saturated rings. The second-order valence-electron chi connectivity index (χ2n) is 7.69. The van der Waals surface area contributed by atoms with Gasteiger partial charge in [-0.1, -0.05) is 32.6 Å². The number of Topliss-reactive ketones (excluding diaryl/α,β-unsaturated/α-hetero) is 2. The van der Waals surface area contributed by atoms with Gasteiger partial charge in [-0.3, -0.25) is 4.79 Å². The SMILES string of the molecule is C=C(/C=C(/CCC(C)=O)OC)C(CC(=O)Cc1cccc(OC)c1)CC(C)C. The molecule has 154 valence electrons. The number of rotatable bonds is 13. The number of carbonyl (C=O) groups excluding carboxylic acids is 2. The summed E-state index contributed by atoms with van der Waals surface area (Å²) in [5, 5.41) is 0. The highest BCUT2D eigenvalue weighted by Crippen LogP contribution is 2.26. The average molecular weight is 387 g/mol. The molecule has 1 aromatic carbocycles. The van der Waals surface area contributed by atoms with E-state index in [-0.39, 0.29) is 17.5 Å². The third-order valence-corrected chi connectivity index (χ3v) is 4.62. The molecule has 0 saturated carbocycles. The first-order valence-electron chi connectivity index (χ1n) is 9.82. The molecule has 0 aromatic heterocycles. The van der Waals surface area contributed by atoms with Gasteiger partial charge >= 0.3 is 0 Å². The van der Waals surface area contributed by atoms with E-state index in [1.54, 1.807) is 21.1 Å². The van der Waals surface area contributed by atoms with Crippen molar-refractivity contribution in [2.24, 2.45) is 11.8 Å². The first kappa shape index (κ1) is 23.7. The van der Waals surface area contributed by atoms with Gasteiger partial charge < -0.3 is 14.3 Å². The smallest absolute Gasteiger partial charge is 0.137 e. The second-order valence-corrected chi connectivity index (χ2v) is 7.69. The predicted molar refractivity (Wildman–Crippen MR) is 113 cm³/mol. The van der Waals surface area contributed by atoms with E-state index in [2.05, 4.69) is 20.4 Å². The van der Waals surface area contributed by atoms with Gasteiger partial charge in [-0.2, -0.15) is 0 Å². The fourth-order valence-corrected chi connectivity index (χ4v) is 3.15. The Balaban J connectivity index is 2.83. The van der Waals surface area contributed by atoms with Gasteiger partial charge in [0.15, 0.2) is 0 Å². The molecule has 1 unspecified atom stereocenters. The molecule has 0 heterocycles. The molecule has 0 amide bonds. The van der Waals surface area contributed by atoms with Crippen LogP contribution in [0.5, 0.6) is 5.75 Å². The molecule has 0 spiro atoms. The van der Waals surface area contributed by atoms with Crippen LogP contribution in [0, 0.1) is 11.8 Å². The molecule has 0 N–H and O–H groups in total.